The zero-order chi connectivity index (χ0) is 8.55. The van der Waals surface area contributed by atoms with E-state index in [0.29, 0.717) is 12.0 Å². The molecule has 0 amide bonds. The molecule has 1 heterocycles. The second-order valence-electron chi connectivity index (χ2n) is 3.40. The SMILES string of the molecule is Cn1nnc(CC2CCC2N)n1. The molecule has 66 valence electrons. The Labute approximate surface area is 70.9 Å². The van der Waals surface area contributed by atoms with Gasteiger partial charge in [-0.25, -0.2) is 0 Å². The molecule has 1 aliphatic carbocycles. The third kappa shape index (κ3) is 1.32. The summed E-state index contributed by atoms with van der Waals surface area (Å²) in [6, 6.07) is 0.355. The summed E-state index contributed by atoms with van der Waals surface area (Å²) in [6.45, 7) is 0. The van der Waals surface area contributed by atoms with Gasteiger partial charge in [0.05, 0.1) is 7.05 Å². The van der Waals surface area contributed by atoms with Crippen LogP contribution in [-0.4, -0.2) is 26.2 Å². The normalized spacial score (nSPS) is 28.5. The van der Waals surface area contributed by atoms with Gasteiger partial charge in [-0.15, -0.1) is 10.2 Å². The Morgan fingerprint density at radius 2 is 2.42 bits per heavy atom. The number of nitrogens with two attached hydrogens (primary N) is 1. The van der Waals surface area contributed by atoms with Crippen molar-refractivity contribution in [2.45, 2.75) is 25.3 Å². The fourth-order valence-electron chi connectivity index (χ4n) is 1.49. The first kappa shape index (κ1) is 7.67. The third-order valence-electron chi connectivity index (χ3n) is 2.47. The lowest BCUT2D eigenvalue weighted by Gasteiger charge is -2.32. The monoisotopic (exact) mass is 167 g/mol. The Bertz CT molecular complexity index is 269. The molecule has 1 aromatic heterocycles. The molecule has 2 unspecified atom stereocenters. The maximum atomic E-state index is 5.79. The summed E-state index contributed by atoms with van der Waals surface area (Å²) in [7, 11) is 1.78. The Balaban J connectivity index is 1.95. The van der Waals surface area contributed by atoms with Crippen LogP contribution in [0.5, 0.6) is 0 Å². The Morgan fingerprint density at radius 1 is 1.58 bits per heavy atom. The van der Waals surface area contributed by atoms with Crippen LogP contribution in [-0.2, 0) is 13.5 Å². The molecule has 2 atom stereocenters. The van der Waals surface area contributed by atoms with Gasteiger partial charge in [0.25, 0.3) is 0 Å². The van der Waals surface area contributed by atoms with E-state index in [0.717, 1.165) is 18.7 Å². The lowest BCUT2D eigenvalue weighted by atomic mass is 9.78. The Morgan fingerprint density at radius 3 is 2.83 bits per heavy atom. The van der Waals surface area contributed by atoms with Gasteiger partial charge in [-0.1, -0.05) is 0 Å². The minimum atomic E-state index is 0.355. The smallest absolute Gasteiger partial charge is 0.175 e. The minimum absolute atomic E-state index is 0.355. The number of aromatic nitrogens is 4. The molecule has 0 spiro atoms. The van der Waals surface area contributed by atoms with Crippen molar-refractivity contribution in [3.05, 3.63) is 5.82 Å². The molecule has 0 bridgehead atoms. The quantitative estimate of drug-likeness (QED) is 0.644. The largest absolute Gasteiger partial charge is 0.327 e. The zero-order valence-electron chi connectivity index (χ0n) is 7.14. The molecular formula is C7H13N5. The number of hydrogen-bond donors (Lipinski definition) is 1. The van der Waals surface area contributed by atoms with Crippen LogP contribution in [0.15, 0.2) is 0 Å². The summed E-state index contributed by atoms with van der Waals surface area (Å²) in [5.74, 6) is 1.40. The molecule has 0 aromatic carbocycles. The van der Waals surface area contributed by atoms with Crippen LogP contribution >= 0.6 is 0 Å². The zero-order valence-corrected chi connectivity index (χ0v) is 7.14. The molecule has 0 aliphatic heterocycles. The predicted molar refractivity (Wildman–Crippen MR) is 43.2 cm³/mol. The van der Waals surface area contributed by atoms with Crippen LogP contribution in [0.4, 0.5) is 0 Å². The fraction of sp³-hybridized carbons (Fsp3) is 0.857. The Kier molecular flexibility index (Phi) is 1.80. The average Bonchev–Trinajstić information content (AvgIpc) is 2.44. The van der Waals surface area contributed by atoms with Crippen LogP contribution in [0.3, 0.4) is 0 Å². The maximum absolute atomic E-state index is 5.79. The van der Waals surface area contributed by atoms with Gasteiger partial charge in [0, 0.05) is 12.5 Å². The fourth-order valence-corrected chi connectivity index (χ4v) is 1.49. The molecule has 5 heteroatoms. The van der Waals surface area contributed by atoms with Crippen LogP contribution in [0.1, 0.15) is 18.7 Å². The van der Waals surface area contributed by atoms with Gasteiger partial charge in [0.15, 0.2) is 5.82 Å². The van der Waals surface area contributed by atoms with Crippen LogP contribution in [0.2, 0.25) is 0 Å². The van der Waals surface area contributed by atoms with Gasteiger partial charge in [-0.3, -0.25) is 0 Å². The molecule has 0 radical (unpaired) electrons. The first-order chi connectivity index (χ1) is 5.75. The van der Waals surface area contributed by atoms with Crippen molar-refractivity contribution in [1.82, 2.24) is 20.2 Å². The lowest BCUT2D eigenvalue weighted by Crippen LogP contribution is -2.40. The van der Waals surface area contributed by atoms with Gasteiger partial charge in [0.2, 0.25) is 0 Å². The molecular weight excluding hydrogens is 154 g/mol. The van der Waals surface area contributed by atoms with Crippen molar-refractivity contribution >= 4 is 0 Å². The molecule has 2 N–H and O–H groups in total. The number of aryl methyl sites for hydroxylation is 1. The molecule has 1 aromatic rings. The van der Waals surface area contributed by atoms with E-state index < -0.39 is 0 Å². The maximum Gasteiger partial charge on any atom is 0.175 e. The van der Waals surface area contributed by atoms with E-state index >= 15 is 0 Å². The molecule has 1 saturated carbocycles. The van der Waals surface area contributed by atoms with Gasteiger partial charge in [-0.2, -0.15) is 4.80 Å². The molecule has 1 aliphatic rings. The van der Waals surface area contributed by atoms with Crippen molar-refractivity contribution in [2.75, 3.05) is 0 Å². The number of rotatable bonds is 2. The first-order valence-electron chi connectivity index (χ1n) is 4.24. The molecule has 5 nitrogen and oxygen atoms in total. The highest BCUT2D eigenvalue weighted by Gasteiger charge is 2.28. The van der Waals surface area contributed by atoms with E-state index in [1.165, 1.54) is 11.2 Å². The molecule has 12 heavy (non-hydrogen) atoms. The summed E-state index contributed by atoms with van der Waals surface area (Å²) in [5.41, 5.74) is 5.79. The number of nitrogens with zero attached hydrogens (tertiary/aromatic N) is 4. The lowest BCUT2D eigenvalue weighted by molar-refractivity contribution is 0.252. The Hall–Kier alpha value is -0.970. The van der Waals surface area contributed by atoms with Crippen molar-refractivity contribution < 1.29 is 0 Å². The highest BCUT2D eigenvalue weighted by Crippen LogP contribution is 2.27. The van der Waals surface area contributed by atoms with Crippen molar-refractivity contribution in [1.29, 1.82) is 0 Å². The summed E-state index contributed by atoms with van der Waals surface area (Å²) in [5, 5.41) is 11.8. The standard InChI is InChI=1S/C7H13N5/c1-12-10-7(9-11-12)4-5-2-3-6(5)8/h5-6H,2-4,8H2,1H3. The summed E-state index contributed by atoms with van der Waals surface area (Å²) < 4.78 is 0. The van der Waals surface area contributed by atoms with E-state index in [1.807, 2.05) is 0 Å². The average molecular weight is 167 g/mol. The second kappa shape index (κ2) is 2.82. The summed E-state index contributed by atoms with van der Waals surface area (Å²) in [6.07, 6.45) is 3.24. The van der Waals surface area contributed by atoms with E-state index in [-0.39, 0.29) is 0 Å². The van der Waals surface area contributed by atoms with Gasteiger partial charge in [0.1, 0.15) is 0 Å². The van der Waals surface area contributed by atoms with E-state index in [4.69, 9.17) is 5.73 Å². The highest BCUT2D eigenvalue weighted by atomic mass is 15.6. The van der Waals surface area contributed by atoms with Crippen molar-refractivity contribution in [3.8, 4) is 0 Å². The van der Waals surface area contributed by atoms with Crippen molar-refractivity contribution in [2.24, 2.45) is 18.7 Å². The van der Waals surface area contributed by atoms with Gasteiger partial charge >= 0.3 is 0 Å². The van der Waals surface area contributed by atoms with Crippen LogP contribution < -0.4 is 5.73 Å². The first-order valence-corrected chi connectivity index (χ1v) is 4.24. The molecule has 1 fully saturated rings. The van der Waals surface area contributed by atoms with E-state index in [9.17, 15) is 0 Å². The number of hydrogen-bond acceptors (Lipinski definition) is 4. The number of tetrazole rings is 1. The summed E-state index contributed by atoms with van der Waals surface area (Å²) >= 11 is 0. The second-order valence-corrected chi connectivity index (χ2v) is 3.40. The van der Waals surface area contributed by atoms with Crippen molar-refractivity contribution in [3.63, 3.8) is 0 Å². The van der Waals surface area contributed by atoms with Gasteiger partial charge < -0.3 is 5.73 Å². The van der Waals surface area contributed by atoms with Crippen LogP contribution in [0, 0.1) is 5.92 Å². The molecule has 0 saturated heterocycles. The van der Waals surface area contributed by atoms with Crippen LogP contribution in [0.25, 0.3) is 0 Å². The summed E-state index contributed by atoms with van der Waals surface area (Å²) in [4.78, 5) is 1.49. The molecule has 2 rings (SSSR count). The third-order valence-corrected chi connectivity index (χ3v) is 2.47. The van der Waals surface area contributed by atoms with E-state index in [2.05, 4.69) is 15.4 Å². The topological polar surface area (TPSA) is 69.6 Å². The predicted octanol–water partition coefficient (Wildman–Crippen LogP) is -0.510. The highest BCUT2D eigenvalue weighted by molar-refractivity contribution is 4.91. The minimum Gasteiger partial charge on any atom is -0.327 e. The van der Waals surface area contributed by atoms with E-state index in [1.54, 1.807) is 7.05 Å². The van der Waals surface area contributed by atoms with Gasteiger partial charge in [-0.05, 0) is 24.0 Å².